The van der Waals surface area contributed by atoms with Gasteiger partial charge in [0.05, 0.1) is 22.5 Å². The number of urea groups is 1. The van der Waals surface area contributed by atoms with E-state index < -0.39 is 10.0 Å². The van der Waals surface area contributed by atoms with E-state index in [0.29, 0.717) is 18.1 Å². The average Bonchev–Trinajstić information content (AvgIpc) is 3.17. The first-order chi connectivity index (χ1) is 16.3. The normalized spacial score (nSPS) is 19.1. The second kappa shape index (κ2) is 10.6. The van der Waals surface area contributed by atoms with E-state index in [2.05, 4.69) is 27.0 Å². The number of sulfonamides is 1. The largest absolute Gasteiger partial charge is 0.335 e. The summed E-state index contributed by atoms with van der Waals surface area (Å²) in [6, 6.07) is 5.67. The fourth-order valence-corrected chi connectivity index (χ4v) is 6.02. The Morgan fingerprint density at radius 3 is 2.32 bits per heavy atom. The molecule has 2 fully saturated rings. The van der Waals surface area contributed by atoms with Gasteiger partial charge in [0.25, 0.3) is 0 Å². The Morgan fingerprint density at radius 1 is 1.06 bits per heavy atom. The van der Waals surface area contributed by atoms with Crippen molar-refractivity contribution in [3.05, 3.63) is 24.0 Å². The third kappa shape index (κ3) is 5.55. The van der Waals surface area contributed by atoms with Crippen molar-refractivity contribution in [1.82, 2.24) is 29.4 Å². The van der Waals surface area contributed by atoms with Gasteiger partial charge in [-0.3, -0.25) is 4.90 Å². The molecule has 2 N–H and O–H groups in total. The zero-order valence-corrected chi connectivity index (χ0v) is 21.4. The Bertz CT molecular complexity index is 1100. The van der Waals surface area contributed by atoms with Crippen molar-refractivity contribution in [1.29, 1.82) is 0 Å². The molecular weight excluding hydrogens is 452 g/mol. The topological polar surface area (TPSA) is 99.6 Å². The molecule has 2 aromatic rings. The minimum absolute atomic E-state index is 0.0263. The second-order valence-electron chi connectivity index (χ2n) is 9.71. The quantitative estimate of drug-likeness (QED) is 0.622. The molecule has 34 heavy (non-hydrogen) atoms. The molecule has 0 radical (unpaired) electrons. The lowest BCUT2D eigenvalue weighted by molar-refractivity contribution is 0.180. The Balaban J connectivity index is 1.36. The van der Waals surface area contributed by atoms with Crippen molar-refractivity contribution >= 4 is 27.1 Å². The molecule has 1 saturated carbocycles. The van der Waals surface area contributed by atoms with E-state index in [9.17, 15) is 13.2 Å². The van der Waals surface area contributed by atoms with Gasteiger partial charge >= 0.3 is 6.03 Å². The van der Waals surface area contributed by atoms with Crippen molar-refractivity contribution in [2.75, 3.05) is 27.2 Å². The summed E-state index contributed by atoms with van der Waals surface area (Å²) in [5.41, 5.74) is 1.65. The fraction of sp³-hybridized carbons (Fsp3) is 0.667. The Morgan fingerprint density at radius 2 is 1.71 bits per heavy atom. The first-order valence-corrected chi connectivity index (χ1v) is 13.9. The highest BCUT2D eigenvalue weighted by Crippen LogP contribution is 2.24. The molecule has 2 aliphatic rings. The van der Waals surface area contributed by atoms with Crippen LogP contribution in [0.15, 0.2) is 23.1 Å². The van der Waals surface area contributed by atoms with E-state index in [-0.39, 0.29) is 17.0 Å². The first-order valence-electron chi connectivity index (χ1n) is 12.5. The lowest BCUT2D eigenvalue weighted by Gasteiger charge is -2.32. The summed E-state index contributed by atoms with van der Waals surface area (Å²) in [6.45, 7) is 5.34. The Kier molecular flexibility index (Phi) is 7.79. The van der Waals surface area contributed by atoms with Gasteiger partial charge in [0.15, 0.2) is 0 Å². The minimum atomic E-state index is -3.50. The van der Waals surface area contributed by atoms with E-state index in [4.69, 9.17) is 4.98 Å². The van der Waals surface area contributed by atoms with E-state index in [1.54, 1.807) is 12.1 Å². The molecule has 1 aromatic carbocycles. The van der Waals surface area contributed by atoms with Gasteiger partial charge in [0.2, 0.25) is 10.0 Å². The van der Waals surface area contributed by atoms with Crippen LogP contribution in [-0.2, 0) is 23.1 Å². The van der Waals surface area contributed by atoms with Gasteiger partial charge in [0.1, 0.15) is 5.82 Å². The highest BCUT2D eigenvalue weighted by molar-refractivity contribution is 7.89. The number of likely N-dealkylation sites (tertiary alicyclic amines) is 1. The summed E-state index contributed by atoms with van der Waals surface area (Å²) in [5, 5.41) is 6.31. The smallest absolute Gasteiger partial charge is 0.315 e. The van der Waals surface area contributed by atoms with Crippen LogP contribution in [0.3, 0.4) is 0 Å². The number of rotatable bonds is 7. The first kappa shape index (κ1) is 24.9. The highest BCUT2D eigenvalue weighted by Gasteiger charge is 2.24. The van der Waals surface area contributed by atoms with Crippen LogP contribution in [0.1, 0.15) is 57.7 Å². The SMILES string of the molecule is CCn1c(CN2CCC(NC(=O)NC3CCCCC3)CC2)nc2cc(S(=O)(=O)N(C)C)ccc21. The molecule has 0 unspecified atom stereocenters. The maximum Gasteiger partial charge on any atom is 0.315 e. The summed E-state index contributed by atoms with van der Waals surface area (Å²) in [6.07, 6.45) is 7.70. The van der Waals surface area contributed by atoms with Crippen molar-refractivity contribution < 1.29 is 13.2 Å². The van der Waals surface area contributed by atoms with Crippen LogP contribution in [0.25, 0.3) is 11.0 Å². The minimum Gasteiger partial charge on any atom is -0.335 e. The van der Waals surface area contributed by atoms with E-state index >= 15 is 0 Å². The van der Waals surface area contributed by atoms with Gasteiger partial charge in [-0.15, -0.1) is 0 Å². The average molecular weight is 491 g/mol. The van der Waals surface area contributed by atoms with E-state index in [0.717, 1.165) is 56.7 Å². The molecule has 4 rings (SSSR count). The van der Waals surface area contributed by atoms with Crippen LogP contribution < -0.4 is 10.6 Å². The van der Waals surface area contributed by atoms with Crippen molar-refractivity contribution in [3.63, 3.8) is 0 Å². The monoisotopic (exact) mass is 490 g/mol. The van der Waals surface area contributed by atoms with E-state index in [1.165, 1.54) is 37.7 Å². The molecule has 1 aliphatic carbocycles. The van der Waals surface area contributed by atoms with Gasteiger partial charge in [-0.2, -0.15) is 0 Å². The number of hydrogen-bond donors (Lipinski definition) is 2. The maximum absolute atomic E-state index is 12.5. The molecular formula is C24H38N6O3S. The van der Waals surface area contributed by atoms with Crippen LogP contribution in [0.5, 0.6) is 0 Å². The number of benzene rings is 1. The number of piperidine rings is 1. The summed E-state index contributed by atoms with van der Waals surface area (Å²) in [5.74, 6) is 0.943. The van der Waals surface area contributed by atoms with Crippen LogP contribution in [0, 0.1) is 0 Å². The van der Waals surface area contributed by atoms with Gasteiger partial charge in [-0.25, -0.2) is 22.5 Å². The van der Waals surface area contributed by atoms with Gasteiger partial charge in [-0.05, 0) is 50.8 Å². The van der Waals surface area contributed by atoms with Crippen LogP contribution in [0.4, 0.5) is 4.79 Å². The lowest BCUT2D eigenvalue weighted by Crippen LogP contribution is -2.50. The zero-order valence-electron chi connectivity index (χ0n) is 20.6. The number of carbonyl (C=O) groups is 1. The number of aryl methyl sites for hydroxylation is 1. The lowest BCUT2D eigenvalue weighted by atomic mass is 9.96. The number of amides is 2. The summed E-state index contributed by atoms with van der Waals surface area (Å²) in [4.78, 5) is 19.8. The molecule has 1 aromatic heterocycles. The second-order valence-corrected chi connectivity index (χ2v) is 11.9. The molecule has 0 spiro atoms. The standard InChI is InChI=1S/C24H38N6O3S/c1-4-30-22-11-10-20(34(32,33)28(2)3)16-21(22)27-23(30)17-29-14-12-19(13-15-29)26-24(31)25-18-8-6-5-7-9-18/h10-11,16,18-19H,4-9,12-15,17H2,1-3H3,(H2,25,26,31). The molecule has 10 heteroatoms. The van der Waals surface area contributed by atoms with Crippen molar-refractivity contribution in [2.45, 2.75) is 81.9 Å². The molecule has 188 valence electrons. The molecule has 2 heterocycles. The van der Waals surface area contributed by atoms with Crippen molar-refractivity contribution in [3.8, 4) is 0 Å². The maximum atomic E-state index is 12.5. The molecule has 1 saturated heterocycles. The molecule has 2 amide bonds. The van der Waals surface area contributed by atoms with E-state index in [1.807, 2.05) is 6.07 Å². The fourth-order valence-electron chi connectivity index (χ4n) is 5.10. The molecule has 0 atom stereocenters. The Labute approximate surface area is 202 Å². The summed E-state index contributed by atoms with van der Waals surface area (Å²) >= 11 is 0. The van der Waals surface area contributed by atoms with Crippen LogP contribution in [-0.4, -0.2) is 72.5 Å². The number of imidazole rings is 1. The Hall–Kier alpha value is -2.17. The predicted molar refractivity (Wildman–Crippen MR) is 133 cm³/mol. The van der Waals surface area contributed by atoms with Gasteiger partial charge < -0.3 is 15.2 Å². The summed E-state index contributed by atoms with van der Waals surface area (Å²) in [7, 11) is -0.427. The highest BCUT2D eigenvalue weighted by atomic mass is 32.2. The van der Waals surface area contributed by atoms with Crippen molar-refractivity contribution in [2.24, 2.45) is 0 Å². The number of aromatic nitrogens is 2. The zero-order chi connectivity index (χ0) is 24.3. The predicted octanol–water partition coefficient (Wildman–Crippen LogP) is 2.90. The molecule has 9 nitrogen and oxygen atoms in total. The third-order valence-corrected chi connectivity index (χ3v) is 8.93. The number of fused-ring (bicyclic) bond motifs is 1. The number of nitrogens with one attached hydrogen (secondary N) is 2. The number of carbonyl (C=O) groups excluding carboxylic acids is 1. The molecule has 1 aliphatic heterocycles. The van der Waals surface area contributed by atoms with Crippen LogP contribution in [0.2, 0.25) is 0 Å². The van der Waals surface area contributed by atoms with Crippen LogP contribution >= 0.6 is 0 Å². The summed E-state index contributed by atoms with van der Waals surface area (Å²) < 4.78 is 28.4. The molecule has 0 bridgehead atoms. The number of hydrogen-bond acceptors (Lipinski definition) is 5. The number of nitrogens with zero attached hydrogens (tertiary/aromatic N) is 4. The third-order valence-electron chi connectivity index (χ3n) is 7.12. The van der Waals surface area contributed by atoms with Gasteiger partial charge in [0, 0.05) is 45.8 Å². The van der Waals surface area contributed by atoms with Gasteiger partial charge in [-0.1, -0.05) is 19.3 Å².